The summed E-state index contributed by atoms with van der Waals surface area (Å²) in [6.45, 7) is 3.10. The van der Waals surface area contributed by atoms with E-state index in [1.165, 1.54) is 0 Å². The topological polar surface area (TPSA) is 89.5 Å². The number of anilines is 2. The molecule has 2 aliphatic rings. The van der Waals surface area contributed by atoms with E-state index in [1.54, 1.807) is 35.3 Å². The lowest BCUT2D eigenvalue weighted by Crippen LogP contribution is -2.48. The van der Waals surface area contributed by atoms with Crippen LogP contribution in [0.1, 0.15) is 24.0 Å². The minimum Gasteiger partial charge on any atom is -0.486 e. The second-order valence-corrected chi connectivity index (χ2v) is 10.4. The van der Waals surface area contributed by atoms with Crippen molar-refractivity contribution in [1.29, 1.82) is 0 Å². The van der Waals surface area contributed by atoms with Crippen molar-refractivity contribution in [2.75, 3.05) is 30.3 Å². The summed E-state index contributed by atoms with van der Waals surface area (Å²) in [7, 11) is 0. The predicted molar refractivity (Wildman–Crippen MR) is 146 cm³/mol. The van der Waals surface area contributed by atoms with E-state index >= 15 is 0 Å². The van der Waals surface area contributed by atoms with Crippen LogP contribution in [-0.4, -0.2) is 45.2 Å². The Balaban J connectivity index is 1.37. The molecule has 0 aliphatic carbocycles. The quantitative estimate of drug-likeness (QED) is 0.355. The fourth-order valence-corrected chi connectivity index (χ4v) is 5.65. The van der Waals surface area contributed by atoms with Gasteiger partial charge in [-0.15, -0.1) is 0 Å². The first-order chi connectivity index (χ1) is 18.9. The van der Waals surface area contributed by atoms with E-state index in [2.05, 4.69) is 19.8 Å². The normalized spacial score (nSPS) is 17.0. The highest BCUT2D eigenvalue weighted by Crippen LogP contribution is 2.33. The largest absolute Gasteiger partial charge is 0.486 e. The molecule has 202 valence electrons. The summed E-state index contributed by atoms with van der Waals surface area (Å²) in [4.78, 5) is 26.6. The van der Waals surface area contributed by atoms with Gasteiger partial charge in [0.25, 0.3) is 0 Å². The van der Waals surface area contributed by atoms with Crippen molar-refractivity contribution in [3.05, 3.63) is 87.1 Å². The third kappa shape index (κ3) is 5.02. The van der Waals surface area contributed by atoms with Crippen LogP contribution in [-0.2, 0) is 19.6 Å². The van der Waals surface area contributed by atoms with Gasteiger partial charge in [0.05, 0.1) is 29.3 Å². The molecule has 2 N–H and O–H groups in total. The van der Waals surface area contributed by atoms with Crippen molar-refractivity contribution in [2.24, 2.45) is 0 Å². The van der Waals surface area contributed by atoms with Gasteiger partial charge in [0.15, 0.2) is 17.0 Å². The maximum atomic E-state index is 14.4. The predicted octanol–water partition coefficient (Wildman–Crippen LogP) is 4.37. The summed E-state index contributed by atoms with van der Waals surface area (Å²) >= 11 is 6.02. The molecular formula is C28H27ClF2N6O2. The standard InChI is InChI=1S/C28H27ClF2N6O2/c29-23-5-3-17(11-33-23)13-37(20-2-1-7-35(16-20)19-4-6-24(32)34-12-19)15-18-14-36-8-9-39-28-25(31)22(30)10-21(26(28)36)27(18)38/h3-6,10-12,14,20H,1-2,7-9,13,15-16H2,(H2,32,34). The van der Waals surface area contributed by atoms with Crippen molar-refractivity contribution < 1.29 is 13.5 Å². The minimum absolute atomic E-state index is 0.104. The van der Waals surface area contributed by atoms with Gasteiger partial charge >= 0.3 is 0 Å². The van der Waals surface area contributed by atoms with E-state index < -0.39 is 11.6 Å². The highest BCUT2D eigenvalue weighted by Gasteiger charge is 2.29. The van der Waals surface area contributed by atoms with Crippen LogP contribution in [0.25, 0.3) is 10.9 Å². The SMILES string of the molecule is Nc1ccc(N2CCCC(N(Cc3ccc(Cl)nc3)Cc3cn4c5c(c(F)c(F)cc5c3=O)OCC4)C2)cn1. The van der Waals surface area contributed by atoms with E-state index in [-0.39, 0.29) is 29.2 Å². The summed E-state index contributed by atoms with van der Waals surface area (Å²) in [6.07, 6.45) is 7.15. The van der Waals surface area contributed by atoms with E-state index in [9.17, 15) is 13.6 Å². The smallest absolute Gasteiger partial charge is 0.202 e. The van der Waals surface area contributed by atoms with Gasteiger partial charge in [-0.05, 0) is 42.7 Å². The molecule has 3 aromatic heterocycles. The van der Waals surface area contributed by atoms with Crippen molar-refractivity contribution >= 4 is 34.0 Å². The van der Waals surface area contributed by atoms with Gasteiger partial charge in [-0.3, -0.25) is 9.69 Å². The maximum Gasteiger partial charge on any atom is 0.202 e. The molecule has 5 heterocycles. The molecule has 4 aromatic rings. The van der Waals surface area contributed by atoms with Crippen LogP contribution in [0.15, 0.2) is 53.7 Å². The van der Waals surface area contributed by atoms with Crippen LogP contribution in [0.4, 0.5) is 20.3 Å². The van der Waals surface area contributed by atoms with Crippen molar-refractivity contribution in [3.63, 3.8) is 0 Å². The highest BCUT2D eigenvalue weighted by atomic mass is 35.5. The summed E-state index contributed by atoms with van der Waals surface area (Å²) in [5, 5.41) is 0.525. The van der Waals surface area contributed by atoms with Gasteiger partial charge in [-0.25, -0.2) is 14.4 Å². The van der Waals surface area contributed by atoms with Crippen LogP contribution in [0.3, 0.4) is 0 Å². The number of piperidine rings is 1. The molecule has 2 aliphatic heterocycles. The van der Waals surface area contributed by atoms with Gasteiger partial charge < -0.3 is 19.9 Å². The van der Waals surface area contributed by atoms with Crippen LogP contribution in [0.5, 0.6) is 5.75 Å². The van der Waals surface area contributed by atoms with Gasteiger partial charge in [0.1, 0.15) is 17.6 Å². The molecular weight excluding hydrogens is 526 g/mol. The Labute approximate surface area is 228 Å². The Morgan fingerprint density at radius 3 is 2.77 bits per heavy atom. The first-order valence-corrected chi connectivity index (χ1v) is 13.2. The Hall–Kier alpha value is -3.76. The summed E-state index contributed by atoms with van der Waals surface area (Å²) in [5.41, 5.74) is 8.20. The number of nitrogens with two attached hydrogens (primary N) is 1. The summed E-state index contributed by atoms with van der Waals surface area (Å²) < 4.78 is 36.1. The molecule has 1 aromatic carbocycles. The van der Waals surface area contributed by atoms with Gasteiger partial charge in [0.2, 0.25) is 5.82 Å². The molecule has 1 fully saturated rings. The Morgan fingerprint density at radius 2 is 2.00 bits per heavy atom. The number of hydrogen-bond acceptors (Lipinski definition) is 7. The van der Waals surface area contributed by atoms with E-state index in [0.717, 1.165) is 43.2 Å². The zero-order valence-electron chi connectivity index (χ0n) is 21.1. The lowest BCUT2D eigenvalue weighted by molar-refractivity contribution is 0.157. The van der Waals surface area contributed by atoms with Crippen molar-refractivity contribution in [1.82, 2.24) is 19.4 Å². The fourth-order valence-electron chi connectivity index (χ4n) is 5.54. The zero-order valence-corrected chi connectivity index (χ0v) is 21.9. The van der Waals surface area contributed by atoms with Crippen molar-refractivity contribution in [3.8, 4) is 5.75 Å². The Morgan fingerprint density at radius 1 is 1.13 bits per heavy atom. The third-order valence-electron chi connectivity index (χ3n) is 7.46. The highest BCUT2D eigenvalue weighted by molar-refractivity contribution is 6.29. The second kappa shape index (κ2) is 10.4. The monoisotopic (exact) mass is 552 g/mol. The molecule has 0 bridgehead atoms. The lowest BCUT2D eigenvalue weighted by atomic mass is 10.0. The van der Waals surface area contributed by atoms with Gasteiger partial charge in [-0.2, -0.15) is 4.39 Å². The number of benzene rings is 1. The first-order valence-electron chi connectivity index (χ1n) is 12.8. The number of aromatic nitrogens is 3. The summed E-state index contributed by atoms with van der Waals surface area (Å²) in [6, 6.07) is 8.51. The maximum absolute atomic E-state index is 14.4. The van der Waals surface area contributed by atoms with Crippen LogP contribution in [0.2, 0.25) is 5.15 Å². The number of nitrogen functional groups attached to an aromatic ring is 1. The van der Waals surface area contributed by atoms with E-state index in [0.29, 0.717) is 41.7 Å². The number of halogens is 3. The zero-order chi connectivity index (χ0) is 27.1. The van der Waals surface area contributed by atoms with E-state index in [1.807, 2.05) is 12.1 Å². The molecule has 0 radical (unpaired) electrons. The van der Waals surface area contributed by atoms with Gasteiger partial charge in [-0.1, -0.05) is 17.7 Å². The molecule has 0 saturated carbocycles. The minimum atomic E-state index is -1.09. The molecule has 1 saturated heterocycles. The first kappa shape index (κ1) is 25.5. The van der Waals surface area contributed by atoms with Crippen LogP contribution in [0, 0.1) is 11.6 Å². The van der Waals surface area contributed by atoms with Crippen LogP contribution >= 0.6 is 11.6 Å². The average Bonchev–Trinajstić information content (AvgIpc) is 2.95. The van der Waals surface area contributed by atoms with Crippen molar-refractivity contribution in [2.45, 2.75) is 38.5 Å². The fraction of sp³-hybridized carbons (Fsp3) is 0.321. The number of pyridine rings is 3. The molecule has 1 atom stereocenters. The number of nitrogens with zero attached hydrogens (tertiary/aromatic N) is 5. The second-order valence-electron chi connectivity index (χ2n) is 10.0. The van der Waals surface area contributed by atoms with E-state index in [4.69, 9.17) is 22.1 Å². The number of rotatable bonds is 6. The molecule has 8 nitrogen and oxygen atoms in total. The Bertz CT molecular complexity index is 1580. The molecule has 0 amide bonds. The summed E-state index contributed by atoms with van der Waals surface area (Å²) in [5.74, 6) is -1.90. The molecule has 0 spiro atoms. The molecule has 11 heteroatoms. The number of hydrogen-bond donors (Lipinski definition) is 1. The third-order valence-corrected chi connectivity index (χ3v) is 7.68. The molecule has 39 heavy (non-hydrogen) atoms. The van der Waals surface area contributed by atoms with Crippen LogP contribution < -0.4 is 20.8 Å². The average molecular weight is 553 g/mol. The van der Waals surface area contributed by atoms with Gasteiger partial charge in [0, 0.05) is 50.2 Å². The Kier molecular flexibility index (Phi) is 6.82. The lowest BCUT2D eigenvalue weighted by Gasteiger charge is -2.40. The molecule has 6 rings (SSSR count). The molecule has 1 unspecified atom stereocenters. The number of ether oxygens (including phenoxy) is 1.